The number of aromatic nitrogens is 2. The first-order valence-electron chi connectivity index (χ1n) is 7.26. The largest absolute Gasteiger partial charge is 0.497 e. The number of hydrogen-bond acceptors (Lipinski definition) is 5. The van der Waals surface area contributed by atoms with Gasteiger partial charge in [-0.25, -0.2) is 4.79 Å². The summed E-state index contributed by atoms with van der Waals surface area (Å²) < 4.78 is 5.08. The summed E-state index contributed by atoms with van der Waals surface area (Å²) in [5, 5.41) is 14.8. The molecule has 0 saturated heterocycles. The molecule has 0 radical (unpaired) electrons. The number of nitrogens with one attached hydrogen (secondary N) is 2. The van der Waals surface area contributed by atoms with Gasteiger partial charge >= 0.3 is 6.03 Å². The van der Waals surface area contributed by atoms with E-state index in [2.05, 4.69) is 20.8 Å². The van der Waals surface area contributed by atoms with Crippen molar-refractivity contribution in [2.24, 2.45) is 0 Å². The van der Waals surface area contributed by atoms with Gasteiger partial charge in [0, 0.05) is 11.3 Å². The Hall–Kier alpha value is -2.93. The number of ether oxygens (including phenoxy) is 1. The van der Waals surface area contributed by atoms with Crippen molar-refractivity contribution < 1.29 is 9.53 Å². The summed E-state index contributed by atoms with van der Waals surface area (Å²) in [5.41, 5.74) is 2.79. The summed E-state index contributed by atoms with van der Waals surface area (Å²) in [5.74, 6) is 0.730. The minimum atomic E-state index is -0.368. The van der Waals surface area contributed by atoms with Crippen LogP contribution in [0.25, 0.3) is 10.6 Å². The van der Waals surface area contributed by atoms with E-state index in [1.54, 1.807) is 31.4 Å². The standard InChI is InChI=1S/C17H16N4O2S/c1-11-4-3-5-12(10-11)15-20-21-17(24-15)19-16(22)18-13-6-8-14(23-2)9-7-13/h3-10H,1-2H3,(H2,18,19,21,22). The van der Waals surface area contributed by atoms with Crippen LogP contribution in [-0.4, -0.2) is 23.3 Å². The van der Waals surface area contributed by atoms with Gasteiger partial charge in [0.15, 0.2) is 0 Å². The van der Waals surface area contributed by atoms with E-state index in [-0.39, 0.29) is 6.03 Å². The molecule has 0 spiro atoms. The number of rotatable bonds is 4. The third-order valence-electron chi connectivity index (χ3n) is 3.26. The SMILES string of the molecule is COc1ccc(NC(=O)Nc2nnc(-c3cccc(C)c3)s2)cc1. The highest BCUT2D eigenvalue weighted by molar-refractivity contribution is 7.18. The molecule has 0 saturated carbocycles. The van der Waals surface area contributed by atoms with Crippen LogP contribution in [0, 0.1) is 6.92 Å². The second-order valence-electron chi connectivity index (χ2n) is 5.09. The first-order valence-corrected chi connectivity index (χ1v) is 8.08. The quantitative estimate of drug-likeness (QED) is 0.747. The van der Waals surface area contributed by atoms with Crippen LogP contribution in [0.1, 0.15) is 5.56 Å². The molecule has 3 rings (SSSR count). The zero-order valence-corrected chi connectivity index (χ0v) is 14.1. The average Bonchev–Trinajstić information content (AvgIpc) is 3.04. The highest BCUT2D eigenvalue weighted by Crippen LogP contribution is 2.27. The number of benzene rings is 2. The number of carbonyl (C=O) groups is 1. The minimum Gasteiger partial charge on any atom is -0.497 e. The van der Waals surface area contributed by atoms with Crippen LogP contribution in [0.2, 0.25) is 0 Å². The molecule has 0 unspecified atom stereocenters. The summed E-state index contributed by atoms with van der Waals surface area (Å²) in [6, 6.07) is 14.7. The molecular weight excluding hydrogens is 324 g/mol. The molecule has 6 nitrogen and oxygen atoms in total. The lowest BCUT2D eigenvalue weighted by molar-refractivity contribution is 0.262. The van der Waals surface area contributed by atoms with Crippen LogP contribution in [0.5, 0.6) is 5.75 Å². The number of hydrogen-bond donors (Lipinski definition) is 2. The average molecular weight is 340 g/mol. The third kappa shape index (κ3) is 3.88. The van der Waals surface area contributed by atoms with Crippen LogP contribution in [0.15, 0.2) is 48.5 Å². The second kappa shape index (κ2) is 7.10. The fraction of sp³-hybridized carbons (Fsp3) is 0.118. The van der Waals surface area contributed by atoms with Gasteiger partial charge in [0.05, 0.1) is 7.11 Å². The van der Waals surface area contributed by atoms with Crippen LogP contribution < -0.4 is 15.4 Å². The first kappa shape index (κ1) is 15.9. The van der Waals surface area contributed by atoms with Gasteiger partial charge in [-0.15, -0.1) is 10.2 Å². The Kier molecular flexibility index (Phi) is 4.72. The molecule has 0 bridgehead atoms. The molecule has 3 aromatic rings. The van der Waals surface area contributed by atoms with Crippen LogP contribution in [0.3, 0.4) is 0 Å². The Balaban J connectivity index is 1.64. The summed E-state index contributed by atoms with van der Waals surface area (Å²) in [6.45, 7) is 2.02. The maximum absolute atomic E-state index is 12.0. The lowest BCUT2D eigenvalue weighted by Crippen LogP contribution is -2.19. The molecular formula is C17H16N4O2S. The second-order valence-corrected chi connectivity index (χ2v) is 6.07. The van der Waals surface area contributed by atoms with E-state index in [4.69, 9.17) is 4.74 Å². The van der Waals surface area contributed by atoms with E-state index < -0.39 is 0 Å². The summed E-state index contributed by atoms with van der Waals surface area (Å²) in [4.78, 5) is 12.0. The van der Waals surface area contributed by atoms with E-state index in [0.717, 1.165) is 21.9 Å². The van der Waals surface area contributed by atoms with Crippen molar-refractivity contribution in [3.8, 4) is 16.3 Å². The normalized spacial score (nSPS) is 10.2. The lowest BCUT2D eigenvalue weighted by Gasteiger charge is -2.05. The Morgan fingerprint density at radius 2 is 1.88 bits per heavy atom. The monoisotopic (exact) mass is 340 g/mol. The highest BCUT2D eigenvalue weighted by Gasteiger charge is 2.10. The fourth-order valence-corrected chi connectivity index (χ4v) is 2.84. The molecule has 2 amide bonds. The van der Waals surface area contributed by atoms with Gasteiger partial charge in [0.1, 0.15) is 10.8 Å². The van der Waals surface area contributed by atoms with Crippen LogP contribution in [-0.2, 0) is 0 Å². The van der Waals surface area contributed by atoms with Gasteiger partial charge in [0.25, 0.3) is 0 Å². The zero-order valence-electron chi connectivity index (χ0n) is 13.2. The molecule has 122 valence electrons. The van der Waals surface area contributed by atoms with Crippen molar-refractivity contribution in [1.29, 1.82) is 0 Å². The lowest BCUT2D eigenvalue weighted by atomic mass is 10.1. The van der Waals surface area contributed by atoms with Crippen molar-refractivity contribution in [2.45, 2.75) is 6.92 Å². The molecule has 0 aliphatic rings. The van der Waals surface area contributed by atoms with Gasteiger partial charge < -0.3 is 10.1 Å². The Morgan fingerprint density at radius 3 is 2.58 bits per heavy atom. The minimum absolute atomic E-state index is 0.368. The molecule has 2 N–H and O–H groups in total. The fourth-order valence-electron chi connectivity index (χ4n) is 2.10. The van der Waals surface area contributed by atoms with Crippen molar-refractivity contribution in [3.63, 3.8) is 0 Å². The van der Waals surface area contributed by atoms with E-state index in [9.17, 15) is 4.79 Å². The number of anilines is 2. The van der Waals surface area contributed by atoms with Crippen LogP contribution in [0.4, 0.5) is 15.6 Å². The van der Waals surface area contributed by atoms with Gasteiger partial charge in [-0.2, -0.15) is 0 Å². The third-order valence-corrected chi connectivity index (χ3v) is 4.15. The topological polar surface area (TPSA) is 76.1 Å². The van der Waals surface area contributed by atoms with E-state index in [1.807, 2.05) is 31.2 Å². The van der Waals surface area contributed by atoms with Crippen molar-refractivity contribution in [2.75, 3.05) is 17.7 Å². The maximum Gasteiger partial charge on any atom is 0.325 e. The predicted molar refractivity (Wildman–Crippen MR) is 95.7 cm³/mol. The maximum atomic E-state index is 12.0. The summed E-state index contributed by atoms with van der Waals surface area (Å²) >= 11 is 1.33. The van der Waals surface area contributed by atoms with Crippen molar-refractivity contribution >= 4 is 28.2 Å². The summed E-state index contributed by atoms with van der Waals surface area (Å²) in [7, 11) is 1.59. The Labute approximate surface area is 143 Å². The highest BCUT2D eigenvalue weighted by atomic mass is 32.1. The van der Waals surface area contributed by atoms with E-state index in [0.29, 0.717) is 10.8 Å². The van der Waals surface area contributed by atoms with Crippen molar-refractivity contribution in [3.05, 3.63) is 54.1 Å². The smallest absolute Gasteiger partial charge is 0.325 e. The number of carbonyl (C=O) groups excluding carboxylic acids is 1. The summed E-state index contributed by atoms with van der Waals surface area (Å²) in [6.07, 6.45) is 0. The number of urea groups is 1. The number of amides is 2. The van der Waals surface area contributed by atoms with Crippen LogP contribution >= 0.6 is 11.3 Å². The number of nitrogens with zero attached hydrogens (tertiary/aromatic N) is 2. The number of aryl methyl sites for hydroxylation is 1. The Morgan fingerprint density at radius 1 is 1.08 bits per heavy atom. The van der Waals surface area contributed by atoms with E-state index in [1.165, 1.54) is 11.3 Å². The van der Waals surface area contributed by atoms with Gasteiger partial charge in [-0.1, -0.05) is 35.1 Å². The molecule has 7 heteroatoms. The molecule has 0 aliphatic carbocycles. The van der Waals surface area contributed by atoms with Gasteiger partial charge in [-0.3, -0.25) is 5.32 Å². The molecule has 0 atom stereocenters. The molecule has 2 aromatic carbocycles. The molecule has 1 heterocycles. The molecule has 1 aromatic heterocycles. The van der Waals surface area contributed by atoms with Crippen molar-refractivity contribution in [1.82, 2.24) is 10.2 Å². The van der Waals surface area contributed by atoms with Gasteiger partial charge in [-0.05, 0) is 37.3 Å². The Bertz CT molecular complexity index is 846. The molecule has 0 aliphatic heterocycles. The first-order chi connectivity index (χ1) is 11.6. The predicted octanol–water partition coefficient (Wildman–Crippen LogP) is 4.17. The molecule has 24 heavy (non-hydrogen) atoms. The van der Waals surface area contributed by atoms with E-state index >= 15 is 0 Å². The zero-order chi connectivity index (χ0) is 16.9. The van der Waals surface area contributed by atoms with Gasteiger partial charge in [0.2, 0.25) is 5.13 Å². The molecule has 0 fully saturated rings. The number of methoxy groups -OCH3 is 1.